The molecule has 0 radical (unpaired) electrons. The average Bonchev–Trinajstić information content (AvgIpc) is 2.29. The van der Waals surface area contributed by atoms with Crippen LogP contribution in [0.5, 0.6) is 0 Å². The van der Waals surface area contributed by atoms with E-state index < -0.39 is 0 Å². The number of hydrogen-bond donors (Lipinski definition) is 2. The Bertz CT molecular complexity index is 380. The summed E-state index contributed by atoms with van der Waals surface area (Å²) in [6.07, 6.45) is 0.653. The van der Waals surface area contributed by atoms with Crippen LogP contribution in [-0.2, 0) is 0 Å². The minimum absolute atomic E-state index is 0.0967. The van der Waals surface area contributed by atoms with Crippen molar-refractivity contribution in [3.8, 4) is 0 Å². The van der Waals surface area contributed by atoms with Crippen molar-refractivity contribution in [1.29, 1.82) is 0 Å². The predicted molar refractivity (Wildman–Crippen MR) is 67.7 cm³/mol. The van der Waals surface area contributed by atoms with E-state index in [1.165, 1.54) is 18.2 Å². The van der Waals surface area contributed by atoms with Gasteiger partial charge in [-0.15, -0.1) is 0 Å². The lowest BCUT2D eigenvalue weighted by molar-refractivity contribution is 0.0915. The van der Waals surface area contributed by atoms with E-state index >= 15 is 0 Å². The molecule has 2 N–H and O–H groups in total. The van der Waals surface area contributed by atoms with Crippen LogP contribution in [0, 0.1) is 9.39 Å². The Balaban J connectivity index is 2.76. The average molecular weight is 337 g/mol. The summed E-state index contributed by atoms with van der Waals surface area (Å²) in [6, 6.07) is 3.92. The molecule has 88 valence electrons. The van der Waals surface area contributed by atoms with Crippen molar-refractivity contribution >= 4 is 28.5 Å². The number of carbonyl (C=O) groups is 1. The second-order valence-electron chi connectivity index (χ2n) is 3.39. The normalized spacial score (nSPS) is 12.2. The Morgan fingerprint density at radius 3 is 2.81 bits per heavy atom. The molecular formula is C11H13FINO2. The molecule has 5 heteroatoms. The van der Waals surface area contributed by atoms with Gasteiger partial charge < -0.3 is 10.4 Å². The molecule has 16 heavy (non-hydrogen) atoms. The third kappa shape index (κ3) is 3.41. The van der Waals surface area contributed by atoms with Crippen molar-refractivity contribution in [3.05, 3.63) is 33.1 Å². The number of carbonyl (C=O) groups excluding carboxylic acids is 1. The van der Waals surface area contributed by atoms with Gasteiger partial charge in [0.1, 0.15) is 5.82 Å². The van der Waals surface area contributed by atoms with E-state index in [2.05, 4.69) is 5.32 Å². The fourth-order valence-electron chi connectivity index (χ4n) is 1.18. The van der Waals surface area contributed by atoms with Gasteiger partial charge in [-0.05, 0) is 47.2 Å². The van der Waals surface area contributed by atoms with Gasteiger partial charge in [0, 0.05) is 9.13 Å². The Labute approximate surface area is 107 Å². The number of benzene rings is 1. The lowest BCUT2D eigenvalue weighted by Gasteiger charge is -2.14. The van der Waals surface area contributed by atoms with E-state index in [0.717, 1.165) is 0 Å². The summed E-state index contributed by atoms with van der Waals surface area (Å²) < 4.78 is 13.4. The molecule has 0 aliphatic heterocycles. The van der Waals surface area contributed by atoms with E-state index in [-0.39, 0.29) is 24.4 Å². The van der Waals surface area contributed by atoms with Crippen molar-refractivity contribution < 1.29 is 14.3 Å². The molecule has 1 rings (SSSR count). The zero-order chi connectivity index (χ0) is 12.1. The molecule has 0 bridgehead atoms. The summed E-state index contributed by atoms with van der Waals surface area (Å²) in [7, 11) is 0. The fraction of sp³-hybridized carbons (Fsp3) is 0.364. The summed E-state index contributed by atoms with van der Waals surface area (Å²) in [5, 5.41) is 11.6. The van der Waals surface area contributed by atoms with Gasteiger partial charge in [-0.1, -0.05) is 6.92 Å². The molecule has 0 saturated heterocycles. The topological polar surface area (TPSA) is 49.3 Å². The molecule has 1 aromatic rings. The monoisotopic (exact) mass is 337 g/mol. The maximum atomic E-state index is 13.0. The molecule has 3 nitrogen and oxygen atoms in total. The zero-order valence-electron chi connectivity index (χ0n) is 8.84. The van der Waals surface area contributed by atoms with Crippen LogP contribution in [0.1, 0.15) is 23.7 Å². The Morgan fingerprint density at radius 1 is 1.62 bits per heavy atom. The Hall–Kier alpha value is -0.690. The van der Waals surface area contributed by atoms with Gasteiger partial charge in [0.25, 0.3) is 5.91 Å². The van der Waals surface area contributed by atoms with Crippen LogP contribution in [0.3, 0.4) is 0 Å². The van der Waals surface area contributed by atoms with Crippen LogP contribution < -0.4 is 5.32 Å². The maximum Gasteiger partial charge on any atom is 0.251 e. The molecule has 1 unspecified atom stereocenters. The van der Waals surface area contributed by atoms with Crippen LogP contribution in [-0.4, -0.2) is 23.7 Å². The van der Waals surface area contributed by atoms with E-state index in [1.54, 1.807) is 0 Å². The highest BCUT2D eigenvalue weighted by Crippen LogP contribution is 2.13. The van der Waals surface area contributed by atoms with Gasteiger partial charge in [-0.2, -0.15) is 0 Å². The van der Waals surface area contributed by atoms with Crippen LogP contribution in [0.25, 0.3) is 0 Å². The van der Waals surface area contributed by atoms with Crippen molar-refractivity contribution in [2.75, 3.05) is 6.61 Å². The van der Waals surface area contributed by atoms with Crippen molar-refractivity contribution in [2.45, 2.75) is 19.4 Å². The molecule has 0 aliphatic carbocycles. The van der Waals surface area contributed by atoms with Gasteiger partial charge in [0.2, 0.25) is 0 Å². The summed E-state index contributed by atoms with van der Waals surface area (Å²) in [5.74, 6) is -0.634. The second-order valence-corrected chi connectivity index (χ2v) is 4.55. The van der Waals surface area contributed by atoms with E-state index in [1.807, 2.05) is 29.5 Å². The predicted octanol–water partition coefficient (Wildman–Crippen LogP) is 1.93. The number of nitrogens with one attached hydrogen (secondary N) is 1. The highest BCUT2D eigenvalue weighted by molar-refractivity contribution is 14.1. The highest BCUT2D eigenvalue weighted by atomic mass is 127. The maximum absolute atomic E-state index is 13.0. The van der Waals surface area contributed by atoms with E-state index in [4.69, 9.17) is 5.11 Å². The van der Waals surface area contributed by atoms with Gasteiger partial charge in [-0.3, -0.25) is 4.79 Å². The molecule has 0 spiro atoms. The zero-order valence-corrected chi connectivity index (χ0v) is 11.0. The number of amides is 1. The molecule has 1 atom stereocenters. The number of aliphatic hydroxyl groups excluding tert-OH is 1. The van der Waals surface area contributed by atoms with Gasteiger partial charge >= 0.3 is 0 Å². The second kappa shape index (κ2) is 6.15. The lowest BCUT2D eigenvalue weighted by atomic mass is 10.2. The first-order valence-corrected chi connectivity index (χ1v) is 6.03. The molecule has 1 aromatic carbocycles. The number of rotatable bonds is 4. The van der Waals surface area contributed by atoms with Crippen molar-refractivity contribution in [1.82, 2.24) is 5.32 Å². The van der Waals surface area contributed by atoms with Crippen LogP contribution in [0.4, 0.5) is 4.39 Å². The standard InChI is InChI=1S/C11H13FINO2/c1-2-8(6-15)14-11(16)7-3-4-9(12)10(13)5-7/h3-5,8,15H,2,6H2,1H3,(H,14,16). The smallest absolute Gasteiger partial charge is 0.251 e. The molecule has 0 saturated carbocycles. The first-order valence-electron chi connectivity index (χ1n) is 4.95. The number of halogens is 2. The molecule has 1 amide bonds. The third-order valence-corrected chi connectivity index (χ3v) is 3.06. The summed E-state index contributed by atoms with van der Waals surface area (Å²) in [5.41, 5.74) is 0.401. The minimum Gasteiger partial charge on any atom is -0.394 e. The quantitative estimate of drug-likeness (QED) is 0.825. The van der Waals surface area contributed by atoms with Gasteiger partial charge in [0.15, 0.2) is 0 Å². The molecular weight excluding hydrogens is 324 g/mol. The molecule has 0 fully saturated rings. The van der Waals surface area contributed by atoms with Crippen molar-refractivity contribution in [3.63, 3.8) is 0 Å². The van der Waals surface area contributed by atoms with Crippen molar-refractivity contribution in [2.24, 2.45) is 0 Å². The fourth-order valence-corrected chi connectivity index (χ4v) is 1.70. The number of aliphatic hydroxyl groups is 1. The lowest BCUT2D eigenvalue weighted by Crippen LogP contribution is -2.36. The summed E-state index contributed by atoms with van der Waals surface area (Å²) in [6.45, 7) is 1.77. The Morgan fingerprint density at radius 2 is 2.31 bits per heavy atom. The van der Waals surface area contributed by atoms with Gasteiger partial charge in [-0.25, -0.2) is 4.39 Å². The minimum atomic E-state index is -0.341. The third-order valence-electron chi connectivity index (χ3n) is 2.23. The molecule has 0 heterocycles. The Kier molecular flexibility index (Phi) is 5.14. The highest BCUT2D eigenvalue weighted by Gasteiger charge is 2.12. The van der Waals surface area contributed by atoms with Gasteiger partial charge in [0.05, 0.1) is 12.6 Å². The van der Waals surface area contributed by atoms with E-state index in [0.29, 0.717) is 15.6 Å². The summed E-state index contributed by atoms with van der Waals surface area (Å²) in [4.78, 5) is 11.7. The van der Waals surface area contributed by atoms with Crippen LogP contribution in [0.15, 0.2) is 18.2 Å². The molecule has 0 aliphatic rings. The summed E-state index contributed by atoms with van der Waals surface area (Å²) >= 11 is 1.83. The number of hydrogen-bond acceptors (Lipinski definition) is 2. The largest absolute Gasteiger partial charge is 0.394 e. The van der Waals surface area contributed by atoms with Crippen LogP contribution in [0.2, 0.25) is 0 Å². The van der Waals surface area contributed by atoms with Crippen LogP contribution >= 0.6 is 22.6 Å². The first-order chi connectivity index (χ1) is 7.58. The first kappa shape index (κ1) is 13.4. The molecule has 0 aromatic heterocycles. The van der Waals surface area contributed by atoms with E-state index in [9.17, 15) is 9.18 Å². The SMILES string of the molecule is CCC(CO)NC(=O)c1ccc(F)c(I)c1.